The van der Waals surface area contributed by atoms with Gasteiger partial charge in [0.05, 0.1) is 26.1 Å². The van der Waals surface area contributed by atoms with Gasteiger partial charge >= 0.3 is 0 Å². The van der Waals surface area contributed by atoms with Crippen molar-refractivity contribution in [3.05, 3.63) is 24.4 Å². The summed E-state index contributed by atoms with van der Waals surface area (Å²) in [5.74, 6) is 2.13. The van der Waals surface area contributed by atoms with Crippen LogP contribution in [-0.4, -0.2) is 54.1 Å². The molecule has 0 spiro atoms. The van der Waals surface area contributed by atoms with Gasteiger partial charge in [-0.05, 0) is 18.6 Å². The minimum atomic E-state index is 0.175. The highest BCUT2D eigenvalue weighted by Crippen LogP contribution is 2.30. The van der Waals surface area contributed by atoms with Crippen LogP contribution in [0.5, 0.6) is 11.5 Å². The number of nitrogens with two attached hydrogens (primary N) is 1. The lowest BCUT2D eigenvalue weighted by Gasteiger charge is -2.11. The summed E-state index contributed by atoms with van der Waals surface area (Å²) in [6.45, 7) is 1.37. The summed E-state index contributed by atoms with van der Waals surface area (Å²) in [6.07, 6.45) is 2.57. The SMILES string of the molecule is COCCCNc1ncc(-c2cc(OC)cc(OC)c2)n2nc(N)nc12. The quantitative estimate of drug-likeness (QED) is 0.587. The fourth-order valence-electron chi connectivity index (χ4n) is 2.59. The minimum Gasteiger partial charge on any atom is -0.497 e. The first-order valence-electron chi connectivity index (χ1n) is 8.13. The Hall–Kier alpha value is -3.07. The number of fused-ring (bicyclic) bond motifs is 1. The van der Waals surface area contributed by atoms with Gasteiger partial charge in [0.25, 0.3) is 0 Å². The molecule has 3 rings (SSSR count). The van der Waals surface area contributed by atoms with Gasteiger partial charge in [0.2, 0.25) is 11.6 Å². The molecule has 0 unspecified atom stereocenters. The van der Waals surface area contributed by atoms with Crippen molar-refractivity contribution >= 4 is 17.4 Å². The number of benzene rings is 1. The number of rotatable bonds is 8. The fourth-order valence-corrected chi connectivity index (χ4v) is 2.59. The van der Waals surface area contributed by atoms with E-state index < -0.39 is 0 Å². The Bertz CT molecular complexity index is 873. The highest BCUT2D eigenvalue weighted by Gasteiger charge is 2.15. The molecule has 0 bridgehead atoms. The molecule has 26 heavy (non-hydrogen) atoms. The van der Waals surface area contributed by atoms with E-state index >= 15 is 0 Å². The maximum Gasteiger partial charge on any atom is 0.240 e. The molecule has 0 aliphatic rings. The third-order valence-electron chi connectivity index (χ3n) is 3.84. The third-order valence-corrected chi connectivity index (χ3v) is 3.84. The van der Waals surface area contributed by atoms with E-state index in [4.69, 9.17) is 19.9 Å². The second-order valence-electron chi connectivity index (χ2n) is 5.57. The topological polar surface area (TPSA) is 109 Å². The second-order valence-corrected chi connectivity index (χ2v) is 5.57. The van der Waals surface area contributed by atoms with Crippen LogP contribution in [0.1, 0.15) is 6.42 Å². The molecule has 0 saturated heterocycles. The zero-order chi connectivity index (χ0) is 18.5. The monoisotopic (exact) mass is 358 g/mol. The van der Waals surface area contributed by atoms with Gasteiger partial charge < -0.3 is 25.3 Å². The molecule has 3 N–H and O–H groups in total. The van der Waals surface area contributed by atoms with Crippen LogP contribution in [0.25, 0.3) is 16.9 Å². The summed E-state index contributed by atoms with van der Waals surface area (Å²) >= 11 is 0. The van der Waals surface area contributed by atoms with Gasteiger partial charge in [-0.2, -0.15) is 4.98 Å². The normalized spacial score (nSPS) is 10.9. The Balaban J connectivity index is 2.03. The predicted octanol–water partition coefficient (Wildman–Crippen LogP) is 1.84. The zero-order valence-electron chi connectivity index (χ0n) is 15.0. The summed E-state index contributed by atoms with van der Waals surface area (Å²) in [7, 11) is 4.88. The van der Waals surface area contributed by atoms with Crippen molar-refractivity contribution in [2.75, 3.05) is 45.5 Å². The first kappa shape index (κ1) is 17.7. The Labute approximate surface area is 151 Å². The van der Waals surface area contributed by atoms with Crippen LogP contribution in [0.3, 0.4) is 0 Å². The third kappa shape index (κ3) is 3.62. The number of nitrogens with one attached hydrogen (secondary N) is 1. The zero-order valence-corrected chi connectivity index (χ0v) is 15.0. The van der Waals surface area contributed by atoms with Crippen molar-refractivity contribution in [3.8, 4) is 22.8 Å². The van der Waals surface area contributed by atoms with Crippen molar-refractivity contribution < 1.29 is 14.2 Å². The van der Waals surface area contributed by atoms with Crippen molar-refractivity contribution in [1.82, 2.24) is 19.6 Å². The largest absolute Gasteiger partial charge is 0.497 e. The smallest absolute Gasteiger partial charge is 0.240 e. The molecule has 3 aromatic rings. The predicted molar refractivity (Wildman–Crippen MR) is 98.7 cm³/mol. The number of nitrogen functional groups attached to an aromatic ring is 1. The molecule has 9 nitrogen and oxygen atoms in total. The number of aromatic nitrogens is 4. The molecule has 0 amide bonds. The van der Waals surface area contributed by atoms with E-state index in [9.17, 15) is 0 Å². The second kappa shape index (κ2) is 7.87. The summed E-state index contributed by atoms with van der Waals surface area (Å²) in [5, 5.41) is 7.54. The summed E-state index contributed by atoms with van der Waals surface area (Å²) in [4.78, 5) is 8.79. The van der Waals surface area contributed by atoms with Crippen LogP contribution in [0.2, 0.25) is 0 Å². The fraction of sp³-hybridized carbons (Fsp3) is 0.353. The molecular weight excluding hydrogens is 336 g/mol. The van der Waals surface area contributed by atoms with Crippen LogP contribution in [-0.2, 0) is 4.74 Å². The molecule has 2 heterocycles. The molecule has 9 heteroatoms. The van der Waals surface area contributed by atoms with E-state index in [-0.39, 0.29) is 5.95 Å². The Morgan fingerprint density at radius 3 is 2.50 bits per heavy atom. The van der Waals surface area contributed by atoms with Crippen LogP contribution in [0.4, 0.5) is 11.8 Å². The number of methoxy groups -OCH3 is 3. The van der Waals surface area contributed by atoms with Gasteiger partial charge in [0.15, 0.2) is 5.82 Å². The van der Waals surface area contributed by atoms with Gasteiger partial charge in [-0.1, -0.05) is 0 Å². The summed E-state index contributed by atoms with van der Waals surface area (Å²) in [6, 6.07) is 5.56. The number of hydrogen-bond acceptors (Lipinski definition) is 8. The van der Waals surface area contributed by atoms with Crippen molar-refractivity contribution in [2.45, 2.75) is 6.42 Å². The average Bonchev–Trinajstić information content (AvgIpc) is 3.06. The van der Waals surface area contributed by atoms with Crippen LogP contribution in [0.15, 0.2) is 24.4 Å². The maximum absolute atomic E-state index is 5.83. The number of nitrogens with zero attached hydrogens (tertiary/aromatic N) is 4. The van der Waals surface area contributed by atoms with Crippen molar-refractivity contribution in [2.24, 2.45) is 0 Å². The average molecular weight is 358 g/mol. The van der Waals surface area contributed by atoms with Gasteiger partial charge in [-0.3, -0.25) is 0 Å². The van der Waals surface area contributed by atoms with E-state index in [0.717, 1.165) is 17.7 Å². The van der Waals surface area contributed by atoms with Crippen LogP contribution in [0, 0.1) is 0 Å². The lowest BCUT2D eigenvalue weighted by atomic mass is 10.1. The van der Waals surface area contributed by atoms with Crippen LogP contribution < -0.4 is 20.5 Å². The standard InChI is InChI=1S/C17H22N6O3/c1-24-6-4-5-19-15-16-21-17(18)22-23(16)14(10-20-15)11-7-12(25-2)9-13(8-11)26-3/h7-10H,4-6H2,1-3H3,(H2,18,22)(H,19,20). The van der Waals surface area contributed by atoms with Gasteiger partial charge in [-0.15, -0.1) is 5.10 Å². The lowest BCUT2D eigenvalue weighted by Crippen LogP contribution is -2.08. The van der Waals surface area contributed by atoms with Gasteiger partial charge in [-0.25, -0.2) is 9.50 Å². The highest BCUT2D eigenvalue weighted by molar-refractivity contribution is 5.72. The van der Waals surface area contributed by atoms with E-state index in [1.807, 2.05) is 12.1 Å². The van der Waals surface area contributed by atoms with Gasteiger partial charge in [0.1, 0.15) is 11.5 Å². The molecule has 2 aromatic heterocycles. The van der Waals surface area contributed by atoms with E-state index in [0.29, 0.717) is 36.1 Å². The Kier molecular flexibility index (Phi) is 5.37. The number of ether oxygens (including phenoxy) is 3. The van der Waals surface area contributed by atoms with Gasteiger partial charge in [0, 0.05) is 31.9 Å². The number of hydrogen-bond donors (Lipinski definition) is 2. The molecule has 0 saturated carbocycles. The molecule has 0 aliphatic heterocycles. The molecular formula is C17H22N6O3. The molecule has 0 radical (unpaired) electrons. The van der Waals surface area contributed by atoms with Crippen LogP contribution >= 0.6 is 0 Å². The highest BCUT2D eigenvalue weighted by atomic mass is 16.5. The van der Waals surface area contributed by atoms with E-state index in [2.05, 4.69) is 20.4 Å². The lowest BCUT2D eigenvalue weighted by molar-refractivity contribution is 0.198. The summed E-state index contributed by atoms with van der Waals surface area (Å²) < 4.78 is 17.4. The minimum absolute atomic E-state index is 0.175. The van der Waals surface area contributed by atoms with E-state index in [1.54, 1.807) is 38.1 Å². The maximum atomic E-state index is 5.83. The Morgan fingerprint density at radius 1 is 1.12 bits per heavy atom. The Morgan fingerprint density at radius 2 is 1.85 bits per heavy atom. The number of anilines is 2. The molecule has 0 atom stereocenters. The first-order valence-corrected chi connectivity index (χ1v) is 8.13. The van der Waals surface area contributed by atoms with Crippen molar-refractivity contribution in [3.63, 3.8) is 0 Å². The van der Waals surface area contributed by atoms with E-state index in [1.165, 1.54) is 0 Å². The summed E-state index contributed by atoms with van der Waals surface area (Å²) in [5.41, 5.74) is 7.94. The van der Waals surface area contributed by atoms with Crippen molar-refractivity contribution in [1.29, 1.82) is 0 Å². The first-order chi connectivity index (χ1) is 12.7. The molecule has 0 aliphatic carbocycles. The molecule has 138 valence electrons. The molecule has 0 fully saturated rings. The molecule has 1 aromatic carbocycles.